The number of aromatic nitrogens is 2. The van der Waals surface area contributed by atoms with Crippen molar-refractivity contribution in [3.05, 3.63) is 88.8 Å². The van der Waals surface area contributed by atoms with Crippen LogP contribution in [0.25, 0.3) is 11.1 Å². The van der Waals surface area contributed by atoms with Gasteiger partial charge in [0.15, 0.2) is 0 Å². The predicted octanol–water partition coefficient (Wildman–Crippen LogP) is 3.51. The first-order valence-corrected chi connectivity index (χ1v) is 10.9. The molecule has 0 radical (unpaired) electrons. The van der Waals surface area contributed by atoms with E-state index in [1.54, 1.807) is 10.9 Å². The lowest BCUT2D eigenvalue weighted by atomic mass is 10.1. The van der Waals surface area contributed by atoms with E-state index in [1.165, 1.54) is 5.56 Å². The van der Waals surface area contributed by atoms with Crippen molar-refractivity contribution in [1.29, 1.82) is 0 Å². The van der Waals surface area contributed by atoms with Crippen LogP contribution in [-0.2, 0) is 13.1 Å². The van der Waals surface area contributed by atoms with E-state index >= 15 is 0 Å². The smallest absolute Gasteiger partial charge is 0.274 e. The minimum atomic E-state index is -0.00164. The Hall–Kier alpha value is -2.76. The maximum absolute atomic E-state index is 12.7. The third kappa shape index (κ3) is 5.43. The number of nitrogens with zero attached hydrogens (tertiary/aromatic N) is 4. The molecule has 0 saturated carbocycles. The fourth-order valence-electron chi connectivity index (χ4n) is 4.06. The number of aryl methyl sites for hydroxylation is 1. The number of piperazine rings is 1. The van der Waals surface area contributed by atoms with Crippen molar-refractivity contribution in [2.24, 2.45) is 0 Å². The summed E-state index contributed by atoms with van der Waals surface area (Å²) in [4.78, 5) is 17.8. The van der Waals surface area contributed by atoms with Crippen LogP contribution in [0.15, 0.2) is 77.7 Å². The highest BCUT2D eigenvalue weighted by molar-refractivity contribution is 5.61. The van der Waals surface area contributed by atoms with E-state index in [-0.39, 0.29) is 5.56 Å². The Morgan fingerprint density at radius 1 is 0.733 bits per heavy atom. The van der Waals surface area contributed by atoms with Gasteiger partial charge in [-0.1, -0.05) is 60.7 Å². The summed E-state index contributed by atoms with van der Waals surface area (Å²) < 4.78 is 1.61. The summed E-state index contributed by atoms with van der Waals surface area (Å²) in [5.74, 6) is 0. The maximum atomic E-state index is 12.7. The second-order valence-electron chi connectivity index (χ2n) is 7.95. The van der Waals surface area contributed by atoms with Crippen LogP contribution in [0.1, 0.15) is 18.4 Å². The van der Waals surface area contributed by atoms with Crippen LogP contribution in [0, 0.1) is 0 Å². The Labute approximate surface area is 178 Å². The molecule has 1 saturated heterocycles. The second-order valence-corrected chi connectivity index (χ2v) is 7.95. The summed E-state index contributed by atoms with van der Waals surface area (Å²) in [6.45, 7) is 7.29. The number of unbranched alkanes of at least 4 members (excludes halogenated alkanes) is 1. The van der Waals surface area contributed by atoms with E-state index in [0.717, 1.165) is 63.2 Å². The van der Waals surface area contributed by atoms with Gasteiger partial charge in [0.05, 0.1) is 5.56 Å². The monoisotopic (exact) mass is 402 g/mol. The van der Waals surface area contributed by atoms with Crippen molar-refractivity contribution in [3.8, 4) is 11.1 Å². The van der Waals surface area contributed by atoms with Crippen molar-refractivity contribution in [1.82, 2.24) is 19.6 Å². The van der Waals surface area contributed by atoms with Gasteiger partial charge in [0.2, 0.25) is 0 Å². The average Bonchev–Trinajstić information content (AvgIpc) is 2.80. The topological polar surface area (TPSA) is 41.4 Å². The summed E-state index contributed by atoms with van der Waals surface area (Å²) in [5, 5.41) is 4.28. The van der Waals surface area contributed by atoms with Crippen molar-refractivity contribution in [3.63, 3.8) is 0 Å². The van der Waals surface area contributed by atoms with Gasteiger partial charge in [0.1, 0.15) is 0 Å². The number of hydrogen-bond acceptors (Lipinski definition) is 4. The van der Waals surface area contributed by atoms with Gasteiger partial charge in [0.25, 0.3) is 5.56 Å². The molecule has 0 aliphatic carbocycles. The first-order chi connectivity index (χ1) is 14.8. The van der Waals surface area contributed by atoms with Crippen LogP contribution >= 0.6 is 0 Å². The standard InChI is InChI=1S/C25H30N4O/c30-25-24(23-11-5-2-6-12-23)13-14-26-29(25)16-8-7-15-27-17-19-28(20-18-27)21-22-9-3-1-4-10-22/h1-6,9-14H,7-8,15-21H2. The van der Waals surface area contributed by atoms with E-state index in [4.69, 9.17) is 0 Å². The average molecular weight is 403 g/mol. The number of rotatable bonds is 8. The molecule has 4 rings (SSSR count). The molecule has 0 N–H and O–H groups in total. The molecule has 156 valence electrons. The zero-order valence-electron chi connectivity index (χ0n) is 17.5. The molecule has 2 heterocycles. The van der Waals surface area contributed by atoms with Gasteiger partial charge in [-0.15, -0.1) is 0 Å². The van der Waals surface area contributed by atoms with Crippen molar-refractivity contribution in [2.75, 3.05) is 32.7 Å². The first-order valence-electron chi connectivity index (χ1n) is 10.9. The summed E-state index contributed by atoms with van der Waals surface area (Å²) in [5.41, 5.74) is 3.06. The van der Waals surface area contributed by atoms with Crippen LogP contribution < -0.4 is 5.56 Å². The Bertz CT molecular complexity index is 963. The van der Waals surface area contributed by atoms with Gasteiger partial charge < -0.3 is 4.90 Å². The number of hydrogen-bond donors (Lipinski definition) is 0. The highest BCUT2D eigenvalue weighted by Crippen LogP contribution is 2.13. The molecule has 1 fully saturated rings. The molecule has 3 aromatic rings. The molecule has 2 aromatic carbocycles. The zero-order valence-corrected chi connectivity index (χ0v) is 17.5. The molecule has 0 spiro atoms. The molecule has 0 unspecified atom stereocenters. The summed E-state index contributed by atoms with van der Waals surface area (Å²) in [6.07, 6.45) is 3.79. The summed E-state index contributed by atoms with van der Waals surface area (Å²) in [6, 6.07) is 22.3. The lowest BCUT2D eigenvalue weighted by Gasteiger charge is -2.34. The molecular weight excluding hydrogens is 372 g/mol. The lowest BCUT2D eigenvalue weighted by Crippen LogP contribution is -2.46. The van der Waals surface area contributed by atoms with Crippen molar-refractivity contribution >= 4 is 0 Å². The van der Waals surface area contributed by atoms with Crippen LogP contribution in [-0.4, -0.2) is 52.3 Å². The quantitative estimate of drug-likeness (QED) is 0.541. The Kier molecular flexibility index (Phi) is 7.06. The molecule has 1 aliphatic rings. The molecule has 0 atom stereocenters. The predicted molar refractivity (Wildman–Crippen MR) is 121 cm³/mol. The van der Waals surface area contributed by atoms with E-state index in [2.05, 4.69) is 45.2 Å². The highest BCUT2D eigenvalue weighted by atomic mass is 16.1. The molecule has 0 amide bonds. The van der Waals surface area contributed by atoms with Gasteiger partial charge >= 0.3 is 0 Å². The Morgan fingerprint density at radius 3 is 2.10 bits per heavy atom. The van der Waals surface area contributed by atoms with Gasteiger partial charge in [-0.25, -0.2) is 4.68 Å². The Balaban J connectivity index is 1.20. The van der Waals surface area contributed by atoms with Crippen LogP contribution in [0.3, 0.4) is 0 Å². The molecule has 30 heavy (non-hydrogen) atoms. The number of benzene rings is 2. The second kappa shape index (κ2) is 10.3. The van der Waals surface area contributed by atoms with Crippen molar-refractivity contribution < 1.29 is 0 Å². The van der Waals surface area contributed by atoms with Crippen LogP contribution in [0.5, 0.6) is 0 Å². The lowest BCUT2D eigenvalue weighted by molar-refractivity contribution is 0.125. The molecule has 1 aliphatic heterocycles. The Morgan fingerprint density at radius 2 is 1.37 bits per heavy atom. The van der Waals surface area contributed by atoms with Gasteiger partial charge in [-0.05, 0) is 36.6 Å². The molecule has 5 heteroatoms. The third-order valence-electron chi connectivity index (χ3n) is 5.81. The fourth-order valence-corrected chi connectivity index (χ4v) is 4.06. The maximum Gasteiger partial charge on any atom is 0.274 e. The fraction of sp³-hybridized carbons (Fsp3) is 0.360. The van der Waals surface area contributed by atoms with E-state index in [1.807, 2.05) is 36.4 Å². The molecular formula is C25H30N4O. The third-order valence-corrected chi connectivity index (χ3v) is 5.81. The molecule has 0 bridgehead atoms. The van der Waals surface area contributed by atoms with E-state index < -0.39 is 0 Å². The normalized spacial score (nSPS) is 15.3. The summed E-state index contributed by atoms with van der Waals surface area (Å²) in [7, 11) is 0. The summed E-state index contributed by atoms with van der Waals surface area (Å²) >= 11 is 0. The minimum absolute atomic E-state index is 0.00164. The van der Waals surface area contributed by atoms with Crippen LogP contribution in [0.2, 0.25) is 0 Å². The van der Waals surface area contributed by atoms with Gasteiger partial charge in [0, 0.05) is 45.5 Å². The minimum Gasteiger partial charge on any atom is -0.301 e. The zero-order chi connectivity index (χ0) is 20.6. The van der Waals surface area contributed by atoms with Gasteiger partial charge in [-0.2, -0.15) is 5.10 Å². The molecule has 5 nitrogen and oxygen atoms in total. The van der Waals surface area contributed by atoms with E-state index in [0.29, 0.717) is 6.54 Å². The first kappa shape index (κ1) is 20.5. The highest BCUT2D eigenvalue weighted by Gasteiger charge is 2.16. The molecule has 1 aromatic heterocycles. The van der Waals surface area contributed by atoms with Crippen LogP contribution in [0.4, 0.5) is 0 Å². The largest absolute Gasteiger partial charge is 0.301 e. The van der Waals surface area contributed by atoms with E-state index in [9.17, 15) is 4.79 Å². The SMILES string of the molecule is O=c1c(-c2ccccc2)ccnn1CCCCN1CCN(Cc2ccccc2)CC1. The van der Waals surface area contributed by atoms with Crippen molar-refractivity contribution in [2.45, 2.75) is 25.9 Å². The van der Waals surface area contributed by atoms with Gasteiger partial charge in [-0.3, -0.25) is 9.69 Å².